The molecular weight excluding hydrogens is 246 g/mol. The lowest BCUT2D eigenvalue weighted by molar-refractivity contribution is 0.688. The Hall–Kier alpha value is -1.48. The van der Waals surface area contributed by atoms with Crippen LogP contribution in [0.3, 0.4) is 0 Å². The first-order valence-electron chi connectivity index (χ1n) is 6.22. The Morgan fingerprint density at radius 1 is 1.44 bits per heavy atom. The molecule has 2 aromatic rings. The fourth-order valence-corrected chi connectivity index (χ4v) is 2.37. The minimum Gasteiger partial charge on any atom is -0.383 e. The van der Waals surface area contributed by atoms with E-state index in [-0.39, 0.29) is 0 Å². The van der Waals surface area contributed by atoms with E-state index in [1.54, 1.807) is 4.68 Å². The summed E-state index contributed by atoms with van der Waals surface area (Å²) in [5, 5.41) is 4.92. The summed E-state index contributed by atoms with van der Waals surface area (Å²) in [5.41, 5.74) is 9.37. The Morgan fingerprint density at radius 2 is 2.22 bits per heavy atom. The molecule has 0 bridgehead atoms. The molecule has 0 amide bonds. The minimum absolute atomic E-state index is 0.547. The molecule has 18 heavy (non-hydrogen) atoms. The van der Waals surface area contributed by atoms with Crippen molar-refractivity contribution in [2.75, 3.05) is 5.73 Å². The predicted octanol–water partition coefficient (Wildman–Crippen LogP) is 3.35. The minimum atomic E-state index is 0.547. The molecule has 1 aliphatic rings. The number of rotatable bonds is 3. The zero-order valence-corrected chi connectivity index (χ0v) is 11.1. The highest BCUT2D eigenvalue weighted by molar-refractivity contribution is 6.33. The maximum absolute atomic E-state index is 6.05. The zero-order chi connectivity index (χ0) is 12.7. The molecule has 0 atom stereocenters. The molecule has 2 N–H and O–H groups in total. The topological polar surface area (TPSA) is 43.8 Å². The number of benzene rings is 1. The van der Waals surface area contributed by atoms with Gasteiger partial charge in [-0.2, -0.15) is 5.10 Å². The Balaban J connectivity index is 1.87. The van der Waals surface area contributed by atoms with Gasteiger partial charge in [0.2, 0.25) is 0 Å². The van der Waals surface area contributed by atoms with E-state index in [4.69, 9.17) is 17.3 Å². The molecule has 0 spiro atoms. The van der Waals surface area contributed by atoms with E-state index in [2.05, 4.69) is 29.4 Å². The fourth-order valence-electron chi connectivity index (χ4n) is 2.23. The summed E-state index contributed by atoms with van der Waals surface area (Å²) in [6, 6.07) is 8.67. The quantitative estimate of drug-likeness (QED) is 0.921. The summed E-state index contributed by atoms with van der Waals surface area (Å²) in [6.07, 6.45) is 2.64. The molecule has 4 heteroatoms. The highest BCUT2D eigenvalue weighted by Gasteiger charge is 2.23. The first-order valence-corrected chi connectivity index (χ1v) is 6.60. The number of nitrogen functional groups attached to an aromatic ring is 1. The smallest absolute Gasteiger partial charge is 0.141 e. The summed E-state index contributed by atoms with van der Waals surface area (Å²) in [5.74, 6) is 1.32. The van der Waals surface area contributed by atoms with E-state index in [1.807, 2.05) is 6.92 Å². The van der Waals surface area contributed by atoms with Gasteiger partial charge in [0.25, 0.3) is 0 Å². The molecule has 1 fully saturated rings. The summed E-state index contributed by atoms with van der Waals surface area (Å²) in [6.45, 7) is 2.55. The van der Waals surface area contributed by atoms with Crippen molar-refractivity contribution in [1.82, 2.24) is 9.78 Å². The van der Waals surface area contributed by atoms with Crippen LogP contribution in [-0.2, 0) is 6.54 Å². The van der Waals surface area contributed by atoms with E-state index < -0.39 is 0 Å². The summed E-state index contributed by atoms with van der Waals surface area (Å²) >= 11 is 6.05. The lowest BCUT2D eigenvalue weighted by Gasteiger charge is -2.06. The summed E-state index contributed by atoms with van der Waals surface area (Å²) < 4.78 is 1.77. The van der Waals surface area contributed by atoms with E-state index in [1.165, 1.54) is 24.0 Å². The molecule has 0 unspecified atom stereocenters. The van der Waals surface area contributed by atoms with Crippen molar-refractivity contribution in [3.8, 4) is 0 Å². The average molecular weight is 262 g/mol. The Kier molecular flexibility index (Phi) is 2.78. The van der Waals surface area contributed by atoms with Gasteiger partial charge in [-0.25, -0.2) is 4.68 Å². The zero-order valence-electron chi connectivity index (χ0n) is 10.4. The highest BCUT2D eigenvalue weighted by Crippen LogP contribution is 2.40. The standard InChI is InChI=1S/C14H16ClN3/c1-9-13(15)14(16)18(17-9)8-10-3-2-4-12(7-10)11-5-6-11/h2-4,7,11H,5-6,8,16H2,1H3. The number of hydrogen-bond donors (Lipinski definition) is 1. The average Bonchev–Trinajstić information content (AvgIpc) is 3.17. The third-order valence-corrected chi connectivity index (χ3v) is 3.89. The molecule has 1 saturated carbocycles. The molecule has 1 aliphatic carbocycles. The monoisotopic (exact) mass is 261 g/mol. The first kappa shape index (κ1) is 11.6. The molecule has 1 aromatic carbocycles. The molecule has 94 valence electrons. The molecule has 1 aromatic heterocycles. The molecule has 3 nitrogen and oxygen atoms in total. The van der Waals surface area contributed by atoms with E-state index in [0.29, 0.717) is 17.4 Å². The van der Waals surface area contributed by atoms with Crippen LogP contribution in [0, 0.1) is 6.92 Å². The predicted molar refractivity (Wildman–Crippen MR) is 73.9 cm³/mol. The van der Waals surface area contributed by atoms with Crippen molar-refractivity contribution >= 4 is 17.4 Å². The van der Waals surface area contributed by atoms with Crippen LogP contribution in [-0.4, -0.2) is 9.78 Å². The lowest BCUT2D eigenvalue weighted by atomic mass is 10.1. The normalized spacial score (nSPS) is 15.0. The molecule has 0 saturated heterocycles. The second-order valence-corrected chi connectivity index (χ2v) is 5.34. The number of halogens is 1. The van der Waals surface area contributed by atoms with Gasteiger partial charge in [0.05, 0.1) is 12.2 Å². The van der Waals surface area contributed by atoms with Gasteiger partial charge in [0, 0.05) is 0 Å². The Labute approximate surface area is 112 Å². The van der Waals surface area contributed by atoms with Crippen LogP contribution < -0.4 is 5.73 Å². The second kappa shape index (κ2) is 4.32. The van der Waals surface area contributed by atoms with Crippen molar-refractivity contribution < 1.29 is 0 Å². The van der Waals surface area contributed by atoms with Crippen LogP contribution in [0.15, 0.2) is 24.3 Å². The number of hydrogen-bond acceptors (Lipinski definition) is 2. The summed E-state index contributed by atoms with van der Waals surface area (Å²) in [7, 11) is 0. The van der Waals surface area contributed by atoms with Gasteiger partial charge in [0.15, 0.2) is 0 Å². The molecule has 0 aliphatic heterocycles. The van der Waals surface area contributed by atoms with Crippen molar-refractivity contribution in [1.29, 1.82) is 0 Å². The fraction of sp³-hybridized carbons (Fsp3) is 0.357. The van der Waals surface area contributed by atoms with E-state index in [9.17, 15) is 0 Å². The third-order valence-electron chi connectivity index (χ3n) is 3.42. The maximum Gasteiger partial charge on any atom is 0.141 e. The maximum atomic E-state index is 6.05. The van der Waals surface area contributed by atoms with Gasteiger partial charge >= 0.3 is 0 Å². The molecular formula is C14H16ClN3. The van der Waals surface area contributed by atoms with Crippen LogP contribution in [0.25, 0.3) is 0 Å². The van der Waals surface area contributed by atoms with Crippen LogP contribution in [0.5, 0.6) is 0 Å². The molecule has 1 heterocycles. The lowest BCUT2D eigenvalue weighted by Crippen LogP contribution is -2.06. The highest BCUT2D eigenvalue weighted by atomic mass is 35.5. The molecule has 3 rings (SSSR count). The van der Waals surface area contributed by atoms with E-state index >= 15 is 0 Å². The Bertz CT molecular complexity index is 585. The number of nitrogens with zero attached hydrogens (tertiary/aromatic N) is 2. The Morgan fingerprint density at radius 3 is 2.83 bits per heavy atom. The van der Waals surface area contributed by atoms with Crippen LogP contribution in [0.1, 0.15) is 35.6 Å². The van der Waals surface area contributed by atoms with Crippen LogP contribution >= 0.6 is 11.6 Å². The number of aryl methyl sites for hydroxylation is 1. The van der Waals surface area contributed by atoms with Crippen molar-refractivity contribution in [2.45, 2.75) is 32.2 Å². The SMILES string of the molecule is Cc1nn(Cc2cccc(C3CC3)c2)c(N)c1Cl. The third kappa shape index (κ3) is 2.10. The number of anilines is 1. The van der Waals surface area contributed by atoms with Gasteiger partial charge in [0.1, 0.15) is 10.8 Å². The van der Waals surface area contributed by atoms with Crippen LogP contribution in [0.4, 0.5) is 5.82 Å². The van der Waals surface area contributed by atoms with Crippen molar-refractivity contribution in [3.05, 3.63) is 46.1 Å². The van der Waals surface area contributed by atoms with Crippen LogP contribution in [0.2, 0.25) is 5.02 Å². The number of aromatic nitrogens is 2. The second-order valence-electron chi connectivity index (χ2n) is 4.96. The van der Waals surface area contributed by atoms with Gasteiger partial charge < -0.3 is 5.73 Å². The largest absolute Gasteiger partial charge is 0.383 e. The molecule has 0 radical (unpaired) electrons. The van der Waals surface area contributed by atoms with Gasteiger partial charge in [-0.3, -0.25) is 0 Å². The van der Waals surface area contributed by atoms with Gasteiger partial charge in [-0.1, -0.05) is 35.9 Å². The van der Waals surface area contributed by atoms with Crippen molar-refractivity contribution in [2.24, 2.45) is 0 Å². The summed E-state index contributed by atoms with van der Waals surface area (Å²) in [4.78, 5) is 0. The first-order chi connectivity index (χ1) is 8.65. The van der Waals surface area contributed by atoms with Gasteiger partial charge in [-0.15, -0.1) is 0 Å². The van der Waals surface area contributed by atoms with Crippen molar-refractivity contribution in [3.63, 3.8) is 0 Å². The van der Waals surface area contributed by atoms with Gasteiger partial charge in [-0.05, 0) is 36.8 Å². The van der Waals surface area contributed by atoms with E-state index in [0.717, 1.165) is 11.6 Å². The number of nitrogens with two attached hydrogens (primary N) is 1.